The van der Waals surface area contributed by atoms with E-state index in [1.165, 1.54) is 5.56 Å². The molecule has 1 heterocycles. The number of hydrogen-bond donors (Lipinski definition) is 1. The van der Waals surface area contributed by atoms with Crippen LogP contribution in [0, 0.1) is 6.92 Å². The van der Waals surface area contributed by atoms with E-state index in [4.69, 9.17) is 17.0 Å². The largest absolute Gasteiger partial charge is 0.466 e. The van der Waals surface area contributed by atoms with Crippen molar-refractivity contribution in [3.8, 4) is 0 Å². The summed E-state index contributed by atoms with van der Waals surface area (Å²) in [5, 5.41) is 10.4. The van der Waals surface area contributed by atoms with E-state index in [0.29, 0.717) is 19.4 Å². The van der Waals surface area contributed by atoms with Gasteiger partial charge in [0.05, 0.1) is 17.7 Å². The number of esters is 1. The number of aliphatic hydroxyl groups is 1. The molecule has 0 aliphatic carbocycles. The van der Waals surface area contributed by atoms with Gasteiger partial charge < -0.3 is 14.7 Å². The number of aryl methyl sites for hydroxylation is 1. The molecule has 0 bridgehead atoms. The highest BCUT2D eigenvalue weighted by atomic mass is 32.2. The van der Waals surface area contributed by atoms with Crippen LogP contribution in [0.2, 0.25) is 0 Å². The quantitative estimate of drug-likeness (QED) is 0.179. The first-order valence-corrected chi connectivity index (χ1v) is 13.0. The molecule has 1 fully saturated rings. The number of thiocarbonyl (C=S) groups is 1. The van der Waals surface area contributed by atoms with Crippen molar-refractivity contribution in [3.05, 3.63) is 47.5 Å². The summed E-state index contributed by atoms with van der Waals surface area (Å²) in [5.41, 5.74) is 2.37. The van der Waals surface area contributed by atoms with Gasteiger partial charge in [0, 0.05) is 37.6 Å². The van der Waals surface area contributed by atoms with Crippen LogP contribution in [0.4, 0.5) is 0 Å². The van der Waals surface area contributed by atoms with E-state index in [-0.39, 0.29) is 12.0 Å². The number of ether oxygens (including phenoxy) is 1. The van der Waals surface area contributed by atoms with Gasteiger partial charge in [-0.1, -0.05) is 67.5 Å². The van der Waals surface area contributed by atoms with Crippen molar-refractivity contribution >= 4 is 34.9 Å². The summed E-state index contributed by atoms with van der Waals surface area (Å²) in [6.45, 7) is 5.61. The van der Waals surface area contributed by atoms with Gasteiger partial charge in [0.1, 0.15) is 0 Å². The zero-order valence-corrected chi connectivity index (χ0v) is 20.6. The third kappa shape index (κ3) is 10.2. The second-order valence-electron chi connectivity index (χ2n) is 8.13. The Morgan fingerprint density at radius 2 is 2.23 bits per heavy atom. The molecule has 1 saturated heterocycles. The number of nitrogens with zero attached hydrogens (tertiary/aromatic N) is 1. The SMILES string of the molecule is CCCCOC(=O)CCCSCCN1C(=S)CC[C@@H]1/C=C/[C@@H](O)Cc1cccc(C)c1. The Morgan fingerprint density at radius 3 is 3.00 bits per heavy atom. The standard InChI is InChI=1S/C25H37NO3S2/c1-3-4-15-29-25(28)9-6-16-31-17-14-26-22(11-13-24(26)30)10-12-23(27)19-21-8-5-7-20(2)18-21/h5,7-8,10,12,18,22-23,27H,3-4,6,9,11,13-17,19H2,1-2H3/b12-10+/t22-,23+/m0/s1. The number of unbranched alkanes of at least 4 members (excludes halogenated alkanes) is 1. The molecular formula is C25H37NO3S2. The molecule has 172 valence electrons. The van der Waals surface area contributed by atoms with E-state index in [2.05, 4.69) is 43.0 Å². The number of carbonyl (C=O) groups is 1. The average Bonchev–Trinajstić information content (AvgIpc) is 3.09. The van der Waals surface area contributed by atoms with Crippen LogP contribution in [0.1, 0.15) is 56.6 Å². The Hall–Kier alpha value is -1.37. The molecular weight excluding hydrogens is 426 g/mol. The van der Waals surface area contributed by atoms with E-state index in [1.54, 1.807) is 0 Å². The molecule has 1 N–H and O–H groups in total. The second-order valence-corrected chi connectivity index (χ2v) is 9.82. The van der Waals surface area contributed by atoms with E-state index in [9.17, 15) is 9.90 Å². The number of aliphatic hydroxyl groups excluding tert-OH is 1. The number of likely N-dealkylation sites (tertiary alicyclic amines) is 1. The minimum Gasteiger partial charge on any atom is -0.466 e. The lowest BCUT2D eigenvalue weighted by atomic mass is 10.0. The summed E-state index contributed by atoms with van der Waals surface area (Å²) < 4.78 is 5.19. The van der Waals surface area contributed by atoms with Gasteiger partial charge in [-0.3, -0.25) is 4.79 Å². The Bertz CT molecular complexity index is 722. The fourth-order valence-electron chi connectivity index (χ4n) is 3.64. The van der Waals surface area contributed by atoms with Gasteiger partial charge in [0.15, 0.2) is 0 Å². The molecule has 2 atom stereocenters. The lowest BCUT2D eigenvalue weighted by Gasteiger charge is -2.24. The maximum Gasteiger partial charge on any atom is 0.305 e. The highest BCUT2D eigenvalue weighted by Gasteiger charge is 2.25. The maximum absolute atomic E-state index is 11.6. The predicted octanol–water partition coefficient (Wildman–Crippen LogP) is 5.10. The van der Waals surface area contributed by atoms with Crippen molar-refractivity contribution in [2.45, 2.75) is 70.9 Å². The Morgan fingerprint density at radius 1 is 1.39 bits per heavy atom. The van der Waals surface area contributed by atoms with Crippen molar-refractivity contribution in [1.82, 2.24) is 4.90 Å². The topological polar surface area (TPSA) is 49.8 Å². The lowest BCUT2D eigenvalue weighted by Crippen LogP contribution is -2.33. The molecule has 0 radical (unpaired) electrons. The molecule has 1 aliphatic rings. The van der Waals surface area contributed by atoms with E-state index < -0.39 is 6.10 Å². The second kappa shape index (κ2) is 14.6. The third-order valence-electron chi connectivity index (χ3n) is 5.36. The molecule has 1 aromatic carbocycles. The van der Waals surface area contributed by atoms with Gasteiger partial charge in [0.25, 0.3) is 0 Å². The van der Waals surface area contributed by atoms with Gasteiger partial charge in [-0.2, -0.15) is 11.8 Å². The molecule has 31 heavy (non-hydrogen) atoms. The minimum atomic E-state index is -0.482. The third-order valence-corrected chi connectivity index (χ3v) is 6.85. The predicted molar refractivity (Wildman–Crippen MR) is 135 cm³/mol. The van der Waals surface area contributed by atoms with Gasteiger partial charge in [0.2, 0.25) is 0 Å². The van der Waals surface area contributed by atoms with Crippen molar-refractivity contribution in [3.63, 3.8) is 0 Å². The van der Waals surface area contributed by atoms with Crippen LogP contribution in [-0.4, -0.2) is 57.8 Å². The maximum atomic E-state index is 11.6. The highest BCUT2D eigenvalue weighted by Crippen LogP contribution is 2.22. The molecule has 2 rings (SSSR count). The van der Waals surface area contributed by atoms with Gasteiger partial charge >= 0.3 is 5.97 Å². The number of rotatable bonds is 14. The van der Waals surface area contributed by atoms with Crippen molar-refractivity contribution < 1.29 is 14.6 Å². The minimum absolute atomic E-state index is 0.0795. The monoisotopic (exact) mass is 463 g/mol. The van der Waals surface area contributed by atoms with Crippen LogP contribution in [0.3, 0.4) is 0 Å². The van der Waals surface area contributed by atoms with E-state index in [1.807, 2.05) is 23.9 Å². The van der Waals surface area contributed by atoms with Crippen LogP contribution in [0.5, 0.6) is 0 Å². The zero-order valence-electron chi connectivity index (χ0n) is 18.9. The van der Waals surface area contributed by atoms with Crippen molar-refractivity contribution in [2.24, 2.45) is 0 Å². The Balaban J connectivity index is 1.66. The molecule has 1 aliphatic heterocycles. The fraction of sp³-hybridized carbons (Fsp3) is 0.600. The average molecular weight is 464 g/mol. The molecule has 4 nitrogen and oxygen atoms in total. The number of thioether (sulfide) groups is 1. The van der Waals surface area contributed by atoms with E-state index in [0.717, 1.165) is 60.7 Å². The van der Waals surface area contributed by atoms with Crippen molar-refractivity contribution in [1.29, 1.82) is 0 Å². The number of carbonyl (C=O) groups excluding carboxylic acids is 1. The summed E-state index contributed by atoms with van der Waals surface area (Å²) in [6, 6.07) is 8.55. The number of hydrogen-bond acceptors (Lipinski definition) is 5. The first kappa shape index (κ1) is 25.9. The van der Waals surface area contributed by atoms with E-state index >= 15 is 0 Å². The summed E-state index contributed by atoms with van der Waals surface area (Å²) in [7, 11) is 0. The first-order valence-electron chi connectivity index (χ1n) is 11.4. The molecule has 0 amide bonds. The fourth-order valence-corrected chi connectivity index (χ4v) is 4.86. The van der Waals surface area contributed by atoms with Crippen LogP contribution in [-0.2, 0) is 16.0 Å². The normalized spacial score (nSPS) is 17.5. The molecule has 0 aromatic heterocycles. The smallest absolute Gasteiger partial charge is 0.305 e. The molecule has 1 aromatic rings. The Labute approximate surface area is 197 Å². The summed E-state index contributed by atoms with van der Waals surface area (Å²) in [4.78, 5) is 14.9. The Kier molecular flexibility index (Phi) is 12.2. The van der Waals surface area contributed by atoms with Crippen molar-refractivity contribution in [2.75, 3.05) is 24.7 Å². The van der Waals surface area contributed by atoms with Crippen LogP contribution in [0.15, 0.2) is 36.4 Å². The van der Waals surface area contributed by atoms with Crippen LogP contribution in [0.25, 0.3) is 0 Å². The van der Waals surface area contributed by atoms with Crippen LogP contribution < -0.4 is 0 Å². The molecule has 6 heteroatoms. The lowest BCUT2D eigenvalue weighted by molar-refractivity contribution is -0.143. The first-order chi connectivity index (χ1) is 15.0. The molecule has 0 spiro atoms. The number of benzene rings is 1. The van der Waals surface area contributed by atoms with Gasteiger partial charge in [-0.15, -0.1) is 0 Å². The molecule has 0 unspecified atom stereocenters. The van der Waals surface area contributed by atoms with Gasteiger partial charge in [-0.05, 0) is 37.5 Å². The zero-order chi connectivity index (χ0) is 22.5. The summed E-state index contributed by atoms with van der Waals surface area (Å²) in [6.07, 6.45) is 9.49. The summed E-state index contributed by atoms with van der Waals surface area (Å²) in [5.74, 6) is 1.87. The molecule has 0 saturated carbocycles. The summed E-state index contributed by atoms with van der Waals surface area (Å²) >= 11 is 7.42. The van der Waals surface area contributed by atoms with Crippen LogP contribution >= 0.6 is 24.0 Å². The van der Waals surface area contributed by atoms with Gasteiger partial charge in [-0.25, -0.2) is 0 Å². The highest BCUT2D eigenvalue weighted by molar-refractivity contribution is 7.99.